The first kappa shape index (κ1) is 22.1. The van der Waals surface area contributed by atoms with Crippen LogP contribution in [0.25, 0.3) is 0 Å². The monoisotopic (exact) mass is 423 g/mol. The first-order chi connectivity index (χ1) is 15.2. The Morgan fingerprint density at radius 3 is 2.65 bits per heavy atom. The molecule has 2 aromatic rings. The van der Waals surface area contributed by atoms with Gasteiger partial charge in [0.15, 0.2) is 11.5 Å². The maximum absolute atomic E-state index is 10.2. The summed E-state index contributed by atoms with van der Waals surface area (Å²) >= 11 is 0. The van der Waals surface area contributed by atoms with E-state index < -0.39 is 0 Å². The molecule has 1 saturated carbocycles. The predicted molar refractivity (Wildman–Crippen MR) is 124 cm³/mol. The molecule has 0 spiro atoms. The molecule has 1 atom stereocenters. The van der Waals surface area contributed by atoms with Crippen LogP contribution in [-0.2, 0) is 13.1 Å². The summed E-state index contributed by atoms with van der Waals surface area (Å²) in [5.41, 5.74) is 2.35. The number of aromatic nitrogens is 1. The first-order valence-corrected chi connectivity index (χ1v) is 11.9. The zero-order valence-corrected chi connectivity index (χ0v) is 18.9. The minimum absolute atomic E-state index is 0.211. The number of phenols is 1. The van der Waals surface area contributed by atoms with Crippen LogP contribution in [0.2, 0.25) is 0 Å². The molecule has 1 aromatic carbocycles. The number of methoxy groups -OCH3 is 1. The van der Waals surface area contributed by atoms with Gasteiger partial charge in [-0.1, -0.05) is 31.4 Å². The van der Waals surface area contributed by atoms with Gasteiger partial charge in [0, 0.05) is 44.6 Å². The Hall–Kier alpha value is -2.11. The summed E-state index contributed by atoms with van der Waals surface area (Å²) in [6.07, 6.45) is 13.4. The van der Waals surface area contributed by atoms with Gasteiger partial charge in [-0.05, 0) is 67.5 Å². The number of aromatic hydroxyl groups is 1. The topological polar surface area (TPSA) is 48.8 Å². The van der Waals surface area contributed by atoms with Crippen molar-refractivity contribution in [3.8, 4) is 11.5 Å². The number of phenolic OH excluding ortho intramolecular Hbond substituents is 1. The Kier molecular flexibility index (Phi) is 7.81. The fourth-order valence-electron chi connectivity index (χ4n) is 5.42. The van der Waals surface area contributed by atoms with Crippen LogP contribution >= 0.6 is 0 Å². The molecule has 31 heavy (non-hydrogen) atoms. The summed E-state index contributed by atoms with van der Waals surface area (Å²) in [7, 11) is 1.59. The summed E-state index contributed by atoms with van der Waals surface area (Å²) in [6, 6.07) is 10.7. The number of hydrogen-bond acceptors (Lipinski definition) is 5. The number of benzene rings is 1. The molecule has 2 heterocycles. The second-order valence-corrected chi connectivity index (χ2v) is 9.33. The molecule has 0 bridgehead atoms. The summed E-state index contributed by atoms with van der Waals surface area (Å²) in [6.45, 7) is 5.26. The van der Waals surface area contributed by atoms with E-state index in [0.29, 0.717) is 11.7 Å². The molecule has 1 aromatic heterocycles. The number of ether oxygens (including phenoxy) is 1. The standard InChI is InChI=1S/C26H37N3O2/c1-31-26-12-11-21(15-25(26)30)17-28(18-22-7-5-13-27-16-22)19-23-8-6-14-29(20-23)24-9-3-2-4-10-24/h5,7,11-13,15-16,23-24,30H,2-4,6,8-10,14,17-20H2,1H3/t23-/m0/s1. The third-order valence-electron chi connectivity index (χ3n) is 6.94. The van der Waals surface area contributed by atoms with Gasteiger partial charge in [-0.25, -0.2) is 0 Å². The number of hydrogen-bond donors (Lipinski definition) is 1. The van der Waals surface area contributed by atoms with Gasteiger partial charge in [0.05, 0.1) is 7.11 Å². The van der Waals surface area contributed by atoms with E-state index in [1.807, 2.05) is 30.6 Å². The normalized spacial score (nSPS) is 20.8. The zero-order chi connectivity index (χ0) is 21.5. The number of piperidine rings is 1. The molecule has 4 rings (SSSR count). The molecule has 1 N–H and O–H groups in total. The van der Waals surface area contributed by atoms with Crippen molar-refractivity contribution in [1.82, 2.24) is 14.8 Å². The highest BCUT2D eigenvalue weighted by atomic mass is 16.5. The molecule has 1 aliphatic heterocycles. The number of nitrogens with zero attached hydrogens (tertiary/aromatic N) is 3. The van der Waals surface area contributed by atoms with Crippen molar-refractivity contribution in [1.29, 1.82) is 0 Å². The largest absolute Gasteiger partial charge is 0.504 e. The molecule has 2 aliphatic rings. The van der Waals surface area contributed by atoms with E-state index in [4.69, 9.17) is 4.74 Å². The van der Waals surface area contributed by atoms with Crippen molar-refractivity contribution in [2.75, 3.05) is 26.7 Å². The molecule has 0 radical (unpaired) electrons. The Morgan fingerprint density at radius 1 is 1.06 bits per heavy atom. The van der Waals surface area contributed by atoms with Crippen molar-refractivity contribution in [3.05, 3.63) is 53.9 Å². The fraction of sp³-hybridized carbons (Fsp3) is 0.577. The molecular formula is C26H37N3O2. The second kappa shape index (κ2) is 11.0. The summed E-state index contributed by atoms with van der Waals surface area (Å²) in [4.78, 5) is 9.62. The highest BCUT2D eigenvalue weighted by Gasteiger charge is 2.28. The average molecular weight is 424 g/mol. The minimum Gasteiger partial charge on any atom is -0.504 e. The molecule has 5 nitrogen and oxygen atoms in total. The van der Waals surface area contributed by atoms with E-state index in [1.165, 1.54) is 63.6 Å². The SMILES string of the molecule is COc1ccc(CN(Cc2cccnc2)C[C@@H]2CCCN(C3CCCCC3)C2)cc1O. The van der Waals surface area contributed by atoms with Gasteiger partial charge in [0.2, 0.25) is 0 Å². The van der Waals surface area contributed by atoms with E-state index in [-0.39, 0.29) is 5.75 Å². The van der Waals surface area contributed by atoms with Crippen LogP contribution < -0.4 is 4.74 Å². The van der Waals surface area contributed by atoms with Crippen LogP contribution in [0.5, 0.6) is 11.5 Å². The van der Waals surface area contributed by atoms with Crippen LogP contribution in [0.15, 0.2) is 42.7 Å². The Bertz CT molecular complexity index is 808. The quantitative estimate of drug-likeness (QED) is 0.658. The van der Waals surface area contributed by atoms with Crippen LogP contribution in [0.3, 0.4) is 0 Å². The summed E-state index contributed by atoms with van der Waals surface area (Å²) in [5, 5.41) is 10.2. The number of pyridine rings is 1. The van der Waals surface area contributed by atoms with Gasteiger partial charge >= 0.3 is 0 Å². The van der Waals surface area contributed by atoms with Crippen LogP contribution in [0.1, 0.15) is 56.1 Å². The number of likely N-dealkylation sites (tertiary alicyclic amines) is 1. The van der Waals surface area contributed by atoms with Crippen molar-refractivity contribution in [3.63, 3.8) is 0 Å². The smallest absolute Gasteiger partial charge is 0.160 e. The maximum atomic E-state index is 10.2. The lowest BCUT2D eigenvalue weighted by molar-refractivity contribution is 0.0771. The lowest BCUT2D eigenvalue weighted by atomic mass is 9.90. The zero-order valence-electron chi connectivity index (χ0n) is 18.9. The van der Waals surface area contributed by atoms with Gasteiger partial charge in [0.25, 0.3) is 0 Å². The molecule has 1 saturated heterocycles. The third kappa shape index (κ3) is 6.20. The second-order valence-electron chi connectivity index (χ2n) is 9.33. The van der Waals surface area contributed by atoms with Crippen LogP contribution in [-0.4, -0.2) is 52.7 Å². The summed E-state index contributed by atoms with van der Waals surface area (Å²) < 4.78 is 5.21. The van der Waals surface area contributed by atoms with Crippen LogP contribution in [0, 0.1) is 5.92 Å². The van der Waals surface area contributed by atoms with Crippen molar-refractivity contribution in [2.45, 2.75) is 64.1 Å². The molecule has 0 unspecified atom stereocenters. The van der Waals surface area contributed by atoms with Gasteiger partial charge < -0.3 is 14.7 Å². The van der Waals surface area contributed by atoms with E-state index >= 15 is 0 Å². The lowest BCUT2D eigenvalue weighted by Crippen LogP contribution is -2.46. The highest BCUT2D eigenvalue weighted by Crippen LogP contribution is 2.29. The van der Waals surface area contributed by atoms with E-state index in [0.717, 1.165) is 31.2 Å². The molecule has 5 heteroatoms. The Balaban J connectivity index is 1.44. The van der Waals surface area contributed by atoms with Gasteiger partial charge in [-0.3, -0.25) is 9.88 Å². The number of rotatable bonds is 8. The fourth-order valence-corrected chi connectivity index (χ4v) is 5.42. The lowest BCUT2D eigenvalue weighted by Gasteiger charge is -2.41. The van der Waals surface area contributed by atoms with E-state index in [9.17, 15) is 5.11 Å². The van der Waals surface area contributed by atoms with Crippen molar-refractivity contribution in [2.24, 2.45) is 5.92 Å². The van der Waals surface area contributed by atoms with Gasteiger partial charge in [-0.2, -0.15) is 0 Å². The predicted octanol–water partition coefficient (Wildman–Crippen LogP) is 4.84. The van der Waals surface area contributed by atoms with Gasteiger partial charge in [-0.15, -0.1) is 0 Å². The molecule has 2 fully saturated rings. The van der Waals surface area contributed by atoms with Crippen molar-refractivity contribution < 1.29 is 9.84 Å². The van der Waals surface area contributed by atoms with Crippen LogP contribution in [0.4, 0.5) is 0 Å². The average Bonchev–Trinajstić information content (AvgIpc) is 2.81. The minimum atomic E-state index is 0.211. The Morgan fingerprint density at radius 2 is 1.90 bits per heavy atom. The Labute approximate surface area is 187 Å². The summed E-state index contributed by atoms with van der Waals surface area (Å²) in [5.74, 6) is 1.43. The van der Waals surface area contributed by atoms with Crippen molar-refractivity contribution >= 4 is 0 Å². The highest BCUT2D eigenvalue weighted by molar-refractivity contribution is 5.41. The van der Waals surface area contributed by atoms with E-state index in [1.54, 1.807) is 7.11 Å². The maximum Gasteiger partial charge on any atom is 0.160 e. The first-order valence-electron chi connectivity index (χ1n) is 11.9. The third-order valence-corrected chi connectivity index (χ3v) is 6.94. The molecule has 1 aliphatic carbocycles. The van der Waals surface area contributed by atoms with E-state index in [2.05, 4.69) is 26.9 Å². The molecule has 0 amide bonds. The molecular weight excluding hydrogens is 386 g/mol. The van der Waals surface area contributed by atoms with Gasteiger partial charge in [0.1, 0.15) is 0 Å². The molecule has 168 valence electrons.